The molecule has 0 aromatic carbocycles. The topological polar surface area (TPSA) is 0 Å². The summed E-state index contributed by atoms with van der Waals surface area (Å²) in [5, 5.41) is 0. The third-order valence-electron chi connectivity index (χ3n) is 2.87. The van der Waals surface area contributed by atoms with Crippen LogP contribution in [0, 0.1) is 11.8 Å². The van der Waals surface area contributed by atoms with Gasteiger partial charge >= 0.3 is 0 Å². The Morgan fingerprint density at radius 3 is 2.67 bits per heavy atom. The molecule has 0 aromatic rings. The van der Waals surface area contributed by atoms with Gasteiger partial charge in [-0.05, 0) is 31.8 Å². The molecule has 1 heteroatoms. The second kappa shape index (κ2) is 2.72. The van der Waals surface area contributed by atoms with Gasteiger partial charge in [0.1, 0.15) is 6.17 Å². The molecule has 0 amide bonds. The Labute approximate surface area is 73.2 Å². The Bertz CT molecular complexity index is 246. The normalized spacial score (nSPS) is 35.9. The first kappa shape index (κ1) is 8.03. The van der Waals surface area contributed by atoms with E-state index >= 15 is 0 Å². The van der Waals surface area contributed by atoms with E-state index in [9.17, 15) is 4.39 Å². The van der Waals surface area contributed by atoms with Gasteiger partial charge in [0.15, 0.2) is 0 Å². The van der Waals surface area contributed by atoms with E-state index in [2.05, 4.69) is 6.08 Å². The minimum atomic E-state index is -0.745. The fourth-order valence-electron chi connectivity index (χ4n) is 1.93. The van der Waals surface area contributed by atoms with Crippen molar-refractivity contribution in [2.45, 2.75) is 32.9 Å². The molecular formula is C11H15F. The summed E-state index contributed by atoms with van der Waals surface area (Å²) in [4.78, 5) is 0. The van der Waals surface area contributed by atoms with Crippen LogP contribution in [0.1, 0.15) is 26.7 Å². The lowest BCUT2D eigenvalue weighted by Gasteiger charge is -2.22. The van der Waals surface area contributed by atoms with Crippen LogP contribution < -0.4 is 0 Å². The molecule has 0 radical (unpaired) electrons. The predicted molar refractivity (Wildman–Crippen MR) is 48.6 cm³/mol. The van der Waals surface area contributed by atoms with Crippen molar-refractivity contribution in [3.05, 3.63) is 23.3 Å². The fourth-order valence-corrected chi connectivity index (χ4v) is 1.93. The smallest absolute Gasteiger partial charge is 0.125 e. The molecule has 0 aromatic heterocycles. The van der Waals surface area contributed by atoms with Crippen molar-refractivity contribution >= 4 is 0 Å². The van der Waals surface area contributed by atoms with Crippen molar-refractivity contribution in [1.82, 2.24) is 0 Å². The van der Waals surface area contributed by atoms with Crippen molar-refractivity contribution in [2.75, 3.05) is 0 Å². The maximum atomic E-state index is 13.3. The number of rotatable bonds is 1. The summed E-state index contributed by atoms with van der Waals surface area (Å²) in [7, 11) is 0. The Hall–Kier alpha value is -0.590. The number of hydrogen-bond donors (Lipinski definition) is 0. The summed E-state index contributed by atoms with van der Waals surface area (Å²) < 4.78 is 13.3. The highest BCUT2D eigenvalue weighted by Crippen LogP contribution is 2.43. The molecule has 0 spiro atoms. The van der Waals surface area contributed by atoms with Crippen LogP contribution in [0.2, 0.25) is 0 Å². The molecule has 0 saturated heterocycles. The van der Waals surface area contributed by atoms with E-state index in [-0.39, 0.29) is 5.92 Å². The molecule has 66 valence electrons. The molecule has 1 saturated carbocycles. The van der Waals surface area contributed by atoms with Crippen LogP contribution in [0.15, 0.2) is 23.3 Å². The lowest BCUT2D eigenvalue weighted by molar-refractivity contribution is 0.315. The Balaban J connectivity index is 2.23. The number of halogens is 1. The molecule has 0 heterocycles. The zero-order valence-corrected chi connectivity index (χ0v) is 7.68. The van der Waals surface area contributed by atoms with E-state index in [1.165, 1.54) is 18.4 Å². The fraction of sp³-hybridized carbons (Fsp3) is 0.636. The van der Waals surface area contributed by atoms with Crippen LogP contribution in [0.4, 0.5) is 4.39 Å². The molecule has 2 rings (SSSR count). The van der Waals surface area contributed by atoms with Crippen molar-refractivity contribution in [2.24, 2.45) is 11.8 Å². The van der Waals surface area contributed by atoms with Gasteiger partial charge in [-0.25, -0.2) is 4.39 Å². The number of hydrogen-bond acceptors (Lipinski definition) is 0. The molecule has 1 fully saturated rings. The van der Waals surface area contributed by atoms with Crippen molar-refractivity contribution in [3.8, 4) is 0 Å². The summed E-state index contributed by atoms with van der Waals surface area (Å²) in [6.07, 6.45) is 5.71. The van der Waals surface area contributed by atoms with Gasteiger partial charge in [-0.1, -0.05) is 24.1 Å². The second-order valence-electron chi connectivity index (χ2n) is 4.06. The highest BCUT2D eigenvalue weighted by molar-refractivity contribution is 5.33. The largest absolute Gasteiger partial charge is 0.242 e. The first-order chi connectivity index (χ1) is 5.68. The lowest BCUT2D eigenvalue weighted by atomic mass is 9.86. The molecule has 2 atom stereocenters. The summed E-state index contributed by atoms with van der Waals surface area (Å²) in [6, 6.07) is 0. The van der Waals surface area contributed by atoms with Crippen LogP contribution in [0.5, 0.6) is 0 Å². The molecule has 0 N–H and O–H groups in total. The summed E-state index contributed by atoms with van der Waals surface area (Å²) in [5.41, 5.74) is 2.45. The van der Waals surface area contributed by atoms with Crippen LogP contribution in [-0.4, -0.2) is 6.17 Å². The second-order valence-corrected chi connectivity index (χ2v) is 4.06. The molecule has 0 bridgehead atoms. The third-order valence-corrected chi connectivity index (χ3v) is 2.87. The average molecular weight is 166 g/mol. The SMILES string of the molecule is CC1=CC(F)C(C)C(C2CC2)=C1. The van der Waals surface area contributed by atoms with Crippen molar-refractivity contribution in [3.63, 3.8) is 0 Å². The van der Waals surface area contributed by atoms with Crippen LogP contribution >= 0.6 is 0 Å². The zero-order chi connectivity index (χ0) is 8.72. The van der Waals surface area contributed by atoms with Crippen LogP contribution in [0.25, 0.3) is 0 Å². The van der Waals surface area contributed by atoms with Gasteiger partial charge in [0.2, 0.25) is 0 Å². The standard InChI is InChI=1S/C11H15F/c1-7-5-10(9-3-4-9)8(2)11(12)6-7/h5-6,8-9,11H,3-4H2,1-2H3. The van der Waals surface area contributed by atoms with Gasteiger partial charge in [-0.15, -0.1) is 0 Å². The molecule has 2 aliphatic carbocycles. The first-order valence-electron chi connectivity index (χ1n) is 4.72. The maximum Gasteiger partial charge on any atom is 0.125 e. The van der Waals surface area contributed by atoms with E-state index in [1.807, 2.05) is 13.8 Å². The van der Waals surface area contributed by atoms with E-state index < -0.39 is 6.17 Å². The minimum Gasteiger partial charge on any atom is -0.242 e. The first-order valence-corrected chi connectivity index (χ1v) is 4.72. The maximum absolute atomic E-state index is 13.3. The van der Waals surface area contributed by atoms with Crippen molar-refractivity contribution < 1.29 is 4.39 Å². The van der Waals surface area contributed by atoms with E-state index in [0.717, 1.165) is 5.57 Å². The summed E-state index contributed by atoms with van der Waals surface area (Å²) in [5.74, 6) is 0.836. The van der Waals surface area contributed by atoms with Gasteiger partial charge in [0.05, 0.1) is 0 Å². The summed E-state index contributed by atoms with van der Waals surface area (Å²) in [6.45, 7) is 3.98. The van der Waals surface area contributed by atoms with Gasteiger partial charge in [0, 0.05) is 5.92 Å². The van der Waals surface area contributed by atoms with E-state index in [1.54, 1.807) is 6.08 Å². The van der Waals surface area contributed by atoms with Crippen LogP contribution in [0.3, 0.4) is 0 Å². The van der Waals surface area contributed by atoms with Crippen LogP contribution in [-0.2, 0) is 0 Å². The Kier molecular flexibility index (Phi) is 1.82. The number of alkyl halides is 1. The lowest BCUT2D eigenvalue weighted by Crippen LogP contribution is -2.17. The minimum absolute atomic E-state index is 0.126. The highest BCUT2D eigenvalue weighted by atomic mass is 19.1. The monoisotopic (exact) mass is 166 g/mol. The van der Waals surface area contributed by atoms with E-state index in [0.29, 0.717) is 5.92 Å². The zero-order valence-electron chi connectivity index (χ0n) is 7.68. The van der Waals surface area contributed by atoms with Gasteiger partial charge in [-0.3, -0.25) is 0 Å². The molecule has 2 aliphatic rings. The molecule has 2 unspecified atom stereocenters. The Morgan fingerprint density at radius 2 is 2.08 bits per heavy atom. The van der Waals surface area contributed by atoms with Gasteiger partial charge in [-0.2, -0.15) is 0 Å². The highest BCUT2D eigenvalue weighted by Gasteiger charge is 2.33. The molecule has 0 aliphatic heterocycles. The van der Waals surface area contributed by atoms with E-state index in [4.69, 9.17) is 0 Å². The Morgan fingerprint density at radius 1 is 1.42 bits per heavy atom. The third kappa shape index (κ3) is 1.33. The number of allylic oxidation sites excluding steroid dienone is 4. The average Bonchev–Trinajstić information content (AvgIpc) is 2.79. The predicted octanol–water partition coefficient (Wildman–Crippen LogP) is 3.26. The summed E-state index contributed by atoms with van der Waals surface area (Å²) >= 11 is 0. The molecular weight excluding hydrogens is 151 g/mol. The van der Waals surface area contributed by atoms with Gasteiger partial charge in [0.25, 0.3) is 0 Å². The molecule has 0 nitrogen and oxygen atoms in total. The van der Waals surface area contributed by atoms with Crippen molar-refractivity contribution in [1.29, 1.82) is 0 Å². The quantitative estimate of drug-likeness (QED) is 0.561. The van der Waals surface area contributed by atoms with Gasteiger partial charge < -0.3 is 0 Å². The molecule has 12 heavy (non-hydrogen) atoms.